The van der Waals surface area contributed by atoms with E-state index < -0.39 is 342 Å². The lowest BCUT2D eigenvalue weighted by atomic mass is 10.1. The molecule has 0 saturated carbocycles. The molecule has 5 nitrogen and oxygen atoms in total. The molecule has 63 heavy (non-hydrogen) atoms. The van der Waals surface area contributed by atoms with Crippen LogP contribution in [-0.4, -0.2) is 32.2 Å². The number of aromatic nitrogens is 5. The highest BCUT2D eigenvalue weighted by atomic mass is 28.3. The zero-order valence-corrected chi connectivity index (χ0v) is 32.2. The summed E-state index contributed by atoms with van der Waals surface area (Å²) in [6.45, 7) is 0. The summed E-state index contributed by atoms with van der Waals surface area (Å²) in [6, 6.07) is -48.3. The summed E-state index contributed by atoms with van der Waals surface area (Å²) in [6.07, 6.45) is 0. The topological polar surface area (TPSA) is 48.5 Å². The number of fused-ring (bicyclic) bond motifs is 6. The van der Waals surface area contributed by atoms with Crippen LogP contribution in [0.3, 0.4) is 0 Å². The van der Waals surface area contributed by atoms with E-state index in [1.54, 1.807) is 0 Å². The average molecular weight is 861 g/mol. The largest absolute Gasteiger partial charge is 0.309 e. The molecule has 0 bridgehead atoms. The van der Waals surface area contributed by atoms with Gasteiger partial charge in [0.05, 0.1) is 81.2 Å². The molecule has 6 heteroatoms. The van der Waals surface area contributed by atoms with E-state index >= 15 is 0 Å². The molecular formula is C57H39N5Si. The van der Waals surface area contributed by atoms with E-state index in [0.717, 1.165) is 0 Å². The van der Waals surface area contributed by atoms with E-state index in [1.807, 2.05) is 0 Å². The molecule has 12 aromatic rings. The van der Waals surface area contributed by atoms with Crippen molar-refractivity contribution < 1.29 is 53.5 Å². The number of hydrogen-bond acceptors (Lipinski definition) is 3. The molecule has 0 amide bonds. The van der Waals surface area contributed by atoms with Crippen LogP contribution in [0, 0.1) is 0 Å². The molecule has 0 saturated heterocycles. The van der Waals surface area contributed by atoms with Crippen molar-refractivity contribution in [1.82, 2.24) is 24.1 Å². The van der Waals surface area contributed by atoms with Crippen molar-refractivity contribution in [2.75, 3.05) is 0 Å². The van der Waals surface area contributed by atoms with Crippen molar-refractivity contribution in [3.8, 4) is 34.4 Å². The van der Waals surface area contributed by atoms with E-state index in [1.165, 1.54) is 0 Å². The van der Waals surface area contributed by atoms with Gasteiger partial charge in [-0.3, -0.25) is 4.57 Å². The minimum absolute atomic E-state index is 0.488. The molecule has 0 radical (unpaired) electrons. The minimum Gasteiger partial charge on any atom is -0.309 e. The van der Waals surface area contributed by atoms with Crippen LogP contribution in [0.1, 0.15) is 53.5 Å². The van der Waals surface area contributed by atoms with E-state index in [2.05, 4.69) is 15.0 Å². The van der Waals surface area contributed by atoms with Crippen LogP contribution in [0.15, 0.2) is 236 Å². The number of nitrogens with zero attached hydrogens (tertiary/aromatic N) is 5. The van der Waals surface area contributed by atoms with Gasteiger partial charge in [0.25, 0.3) is 0 Å². The van der Waals surface area contributed by atoms with Gasteiger partial charge in [0.1, 0.15) is 0 Å². The molecule has 0 spiro atoms. The third-order valence-electron chi connectivity index (χ3n) is 9.85. The predicted molar refractivity (Wildman–Crippen MR) is 263 cm³/mol. The zero-order chi connectivity index (χ0) is 75.7. The van der Waals surface area contributed by atoms with Crippen LogP contribution in [0.4, 0.5) is 0 Å². The van der Waals surface area contributed by atoms with Crippen molar-refractivity contribution in [1.29, 1.82) is 0 Å². The summed E-state index contributed by atoms with van der Waals surface area (Å²) in [7, 11) is -6.92. The van der Waals surface area contributed by atoms with Crippen LogP contribution < -0.4 is 20.7 Å². The van der Waals surface area contributed by atoms with E-state index in [-0.39, 0.29) is 0 Å². The van der Waals surface area contributed by atoms with Gasteiger partial charge >= 0.3 is 0 Å². The zero-order valence-electron chi connectivity index (χ0n) is 70.2. The summed E-state index contributed by atoms with van der Waals surface area (Å²) in [4.78, 5) is 13.7. The Morgan fingerprint density at radius 3 is 1.17 bits per heavy atom. The highest BCUT2D eigenvalue weighted by Crippen LogP contribution is 2.37. The first-order valence-electron chi connectivity index (χ1n) is 37.7. The highest BCUT2D eigenvalue weighted by molar-refractivity contribution is 7.19. The summed E-state index contributed by atoms with van der Waals surface area (Å²) in [5.74, 6) is -3.84. The van der Waals surface area contributed by atoms with Crippen LogP contribution in [0.25, 0.3) is 78.0 Å². The average Bonchev–Trinajstić information content (AvgIpc) is 0.983. The van der Waals surface area contributed by atoms with Gasteiger partial charge in [-0.2, -0.15) is 9.97 Å². The van der Waals surface area contributed by atoms with Gasteiger partial charge in [0, 0.05) is 32.7 Å². The molecule has 12 rings (SSSR count). The lowest BCUT2D eigenvalue weighted by molar-refractivity contribution is 0.952. The Hall–Kier alpha value is -8.19. The number of rotatable bonds is 8. The molecular weight excluding hydrogens is 783 g/mol. The Morgan fingerprint density at radius 1 is 0.333 bits per heavy atom. The number of para-hydroxylation sites is 4. The van der Waals surface area contributed by atoms with Crippen molar-refractivity contribution in [3.63, 3.8) is 0 Å². The molecule has 3 aromatic heterocycles. The second-order valence-corrected chi connectivity index (χ2v) is 16.6. The van der Waals surface area contributed by atoms with Crippen molar-refractivity contribution >= 4 is 72.4 Å². The highest BCUT2D eigenvalue weighted by Gasteiger charge is 2.42. The van der Waals surface area contributed by atoms with Crippen LogP contribution in [0.5, 0.6) is 0 Å². The van der Waals surface area contributed by atoms with Gasteiger partial charge in [0.2, 0.25) is 5.95 Å². The monoisotopic (exact) mass is 861 g/mol. The second kappa shape index (κ2) is 15.1. The second-order valence-electron chi connectivity index (χ2n) is 13.1. The van der Waals surface area contributed by atoms with Crippen LogP contribution in [-0.2, 0) is 0 Å². The van der Waals surface area contributed by atoms with Gasteiger partial charge in [-0.05, 0) is 57.0 Å². The summed E-state index contributed by atoms with van der Waals surface area (Å²) >= 11 is 0. The molecule has 3 heterocycles. The lowest BCUT2D eigenvalue weighted by Gasteiger charge is -2.35. The van der Waals surface area contributed by atoms with Gasteiger partial charge < -0.3 is 4.57 Å². The SMILES string of the molecule is [2H]c1c([2H])c([2H])c(-c2nc(-c3c([2H])c([Si](c4c([2H])c([2H])c([2H])c([2H])c4[2H])(c4c([2H])c([2H])c([2H])c([2H])c4[2H])c4c([2H])c([2H])c([2H])c([2H])c4[2H])c([2H])c([2H])c3-n3c4c([2H])c([2H])c([2H])c([2H])c4c4c([2H])c([2H])c([2H])c([2H])c43)nc(-n3c4c([2H])c([2H])c([2H])c([2H])c4c4c([2H])c([2H])c([2H])c([2H])c43)n2)c([2H])c1[2H]. The molecule has 0 unspecified atom stereocenters. The Bertz CT molecular complexity index is 5530. The fourth-order valence-corrected chi connectivity index (χ4v) is 10.9. The Labute approximate surface area is 420 Å². The normalized spacial score (nSPS) is 20.5. The Balaban J connectivity index is 1.51. The fourth-order valence-electron chi connectivity index (χ4n) is 7.29. The summed E-state index contributed by atoms with van der Waals surface area (Å²) < 4.78 is 365. The maximum Gasteiger partial charge on any atom is 0.238 e. The first-order valence-corrected chi connectivity index (χ1v) is 20.2. The molecule has 0 N–H and O–H groups in total. The van der Waals surface area contributed by atoms with E-state index in [9.17, 15) is 34.3 Å². The first-order chi connectivity index (χ1) is 47.5. The first kappa shape index (κ1) is 14.4. The molecule has 0 aliphatic rings. The Morgan fingerprint density at radius 2 is 0.714 bits per heavy atom. The third-order valence-corrected chi connectivity index (χ3v) is 13.9. The molecule has 0 aliphatic heterocycles. The predicted octanol–water partition coefficient (Wildman–Crippen LogP) is 10.8. The minimum atomic E-state index is -6.92. The molecule has 9 aromatic carbocycles. The number of benzene rings is 9. The molecule has 0 aliphatic carbocycles. The van der Waals surface area contributed by atoms with Gasteiger partial charge in [-0.25, -0.2) is 4.98 Å². The fraction of sp³-hybridized carbons (Fsp3) is 0. The molecule has 0 atom stereocenters. The van der Waals surface area contributed by atoms with Gasteiger partial charge in [-0.15, -0.1) is 0 Å². The smallest absolute Gasteiger partial charge is 0.238 e. The maximum absolute atomic E-state index is 11.2. The lowest BCUT2D eigenvalue weighted by Crippen LogP contribution is -2.74. The van der Waals surface area contributed by atoms with Crippen molar-refractivity contribution in [2.24, 2.45) is 0 Å². The van der Waals surface area contributed by atoms with Gasteiger partial charge in [0.15, 0.2) is 19.7 Å². The molecule has 0 fully saturated rings. The van der Waals surface area contributed by atoms with Crippen LogP contribution in [0.2, 0.25) is 0 Å². The summed E-state index contributed by atoms with van der Waals surface area (Å²) in [5, 5.41) is -8.54. The standard InChI is InChI=1S/C57H39N5Si/c1-5-21-40(22-6-1)55-58-56(60-57(59-55)62-52-35-19-15-31-47(52)48-32-16-20-36-53(48)62)49-39-44(37-38-54(49)61-50-33-17-13-29-45(50)46-30-14-18-34-51(46)61)63(41-23-7-2-8-24-41,42-25-9-3-10-26-42)43-27-11-4-12-28-43/h1-39H/i1D,2D,3D,4D,5D,6D,7D,8D,9D,10D,11D,12D,13D,14D,15D,16D,17D,18D,19D,20D,21D,22D,23D,24D,25D,26D,27D,28D,29D,30D,31D,32D,33D,34D,35D,36D,37D,38D,39D. The molecule has 296 valence electrons. The third kappa shape index (κ3) is 5.87. The van der Waals surface area contributed by atoms with E-state index in [0.29, 0.717) is 9.13 Å². The van der Waals surface area contributed by atoms with E-state index in [4.69, 9.17) is 19.2 Å². The van der Waals surface area contributed by atoms with Crippen LogP contribution >= 0.6 is 0 Å². The van der Waals surface area contributed by atoms with Crippen molar-refractivity contribution in [3.05, 3.63) is 236 Å². The maximum atomic E-state index is 11.2. The Kier molecular flexibility index (Phi) is 3.45. The summed E-state index contributed by atoms with van der Waals surface area (Å²) in [5.41, 5.74) is -7.33. The number of hydrogen-bond donors (Lipinski definition) is 0. The van der Waals surface area contributed by atoms with Gasteiger partial charge in [-0.1, -0.05) is 199 Å². The van der Waals surface area contributed by atoms with Crippen molar-refractivity contribution in [2.45, 2.75) is 0 Å². The quantitative estimate of drug-likeness (QED) is 0.113.